The average molecular weight is 506 g/mol. The fourth-order valence-electron chi connectivity index (χ4n) is 4.91. The highest BCUT2D eigenvalue weighted by Crippen LogP contribution is 2.41. The molecule has 0 spiro atoms. The monoisotopic (exact) mass is 505 g/mol. The van der Waals surface area contributed by atoms with Crippen molar-refractivity contribution in [1.82, 2.24) is 9.55 Å². The Hall–Kier alpha value is -1.66. The number of piperidine rings is 1. The van der Waals surface area contributed by atoms with Crippen molar-refractivity contribution >= 4 is 40.2 Å². The lowest BCUT2D eigenvalue weighted by Crippen LogP contribution is -2.35. The molecule has 0 amide bonds. The molecule has 0 unspecified atom stereocenters. The molecular formula is C23H29BrN3O3P. The molecule has 6 nitrogen and oxygen atoms in total. The standard InChI is InChI=1S/C23H29BrN3O3P/c1-14-9-19(24)10-15(2)22(14)27-12-16(3)21-20(11-17(4)25-23(21)27)26-7-5-18(6-8-26)13-31(28,29)30/h9-12,18H,5-8,13H2,1-4H3,(H2,28,29,30). The van der Waals surface area contributed by atoms with Gasteiger partial charge in [0, 0.05) is 40.5 Å². The molecule has 0 radical (unpaired) electrons. The number of pyridine rings is 1. The van der Waals surface area contributed by atoms with Crippen molar-refractivity contribution in [2.75, 3.05) is 24.2 Å². The zero-order valence-corrected chi connectivity index (χ0v) is 20.9. The molecule has 0 saturated carbocycles. The van der Waals surface area contributed by atoms with E-state index in [1.54, 1.807) is 0 Å². The van der Waals surface area contributed by atoms with Crippen molar-refractivity contribution in [3.63, 3.8) is 0 Å². The van der Waals surface area contributed by atoms with Gasteiger partial charge in [0.1, 0.15) is 5.65 Å². The molecule has 0 atom stereocenters. The molecule has 1 aliphatic heterocycles. The summed E-state index contributed by atoms with van der Waals surface area (Å²) in [6.45, 7) is 9.99. The Balaban J connectivity index is 1.76. The van der Waals surface area contributed by atoms with Gasteiger partial charge in [-0.2, -0.15) is 0 Å². The van der Waals surface area contributed by atoms with E-state index < -0.39 is 7.60 Å². The van der Waals surface area contributed by atoms with Crippen molar-refractivity contribution in [2.45, 2.75) is 40.5 Å². The van der Waals surface area contributed by atoms with E-state index in [2.05, 4.69) is 70.6 Å². The molecule has 1 aromatic carbocycles. The molecule has 1 saturated heterocycles. The number of benzene rings is 1. The van der Waals surface area contributed by atoms with Gasteiger partial charge in [0.05, 0.1) is 11.8 Å². The number of hydrogen-bond donors (Lipinski definition) is 2. The van der Waals surface area contributed by atoms with Gasteiger partial charge < -0.3 is 19.3 Å². The SMILES string of the molecule is Cc1cc(N2CCC(CP(=O)(O)O)CC2)c2c(C)cn(-c3c(C)cc(Br)cc3C)c2n1. The summed E-state index contributed by atoms with van der Waals surface area (Å²) in [6, 6.07) is 6.41. The van der Waals surface area contributed by atoms with Crippen LogP contribution in [0.25, 0.3) is 16.7 Å². The first-order valence-electron chi connectivity index (χ1n) is 10.6. The van der Waals surface area contributed by atoms with Crippen LogP contribution in [0.1, 0.15) is 35.2 Å². The zero-order valence-electron chi connectivity index (χ0n) is 18.4. The minimum absolute atomic E-state index is 0.0108. The van der Waals surface area contributed by atoms with Crippen LogP contribution in [0.5, 0.6) is 0 Å². The largest absolute Gasteiger partial charge is 0.371 e. The molecule has 1 aliphatic rings. The summed E-state index contributed by atoms with van der Waals surface area (Å²) in [7, 11) is -3.96. The van der Waals surface area contributed by atoms with E-state index in [0.29, 0.717) is 0 Å². The highest BCUT2D eigenvalue weighted by atomic mass is 79.9. The summed E-state index contributed by atoms with van der Waals surface area (Å²) in [5, 5.41) is 1.15. The van der Waals surface area contributed by atoms with Crippen LogP contribution in [0.4, 0.5) is 5.69 Å². The molecule has 1 fully saturated rings. The van der Waals surface area contributed by atoms with Crippen LogP contribution in [0.3, 0.4) is 0 Å². The normalized spacial score (nSPS) is 15.8. The highest BCUT2D eigenvalue weighted by molar-refractivity contribution is 9.10. The number of aryl methyl sites for hydroxylation is 4. The van der Waals surface area contributed by atoms with E-state index in [-0.39, 0.29) is 12.1 Å². The highest BCUT2D eigenvalue weighted by Gasteiger charge is 2.28. The van der Waals surface area contributed by atoms with E-state index in [9.17, 15) is 14.4 Å². The summed E-state index contributed by atoms with van der Waals surface area (Å²) < 4.78 is 14.7. The molecule has 0 aliphatic carbocycles. The Labute approximate surface area is 191 Å². The molecular weight excluding hydrogens is 477 g/mol. The molecule has 4 rings (SSSR count). The van der Waals surface area contributed by atoms with E-state index >= 15 is 0 Å². The third kappa shape index (κ3) is 4.61. The van der Waals surface area contributed by atoms with Crippen LogP contribution in [0, 0.1) is 33.6 Å². The van der Waals surface area contributed by atoms with E-state index in [4.69, 9.17) is 4.98 Å². The van der Waals surface area contributed by atoms with Gasteiger partial charge in [0.25, 0.3) is 0 Å². The maximum absolute atomic E-state index is 11.4. The van der Waals surface area contributed by atoms with E-state index in [0.717, 1.165) is 52.8 Å². The third-order valence-corrected chi connectivity index (χ3v) is 7.65. The van der Waals surface area contributed by atoms with Crippen LogP contribution in [0.15, 0.2) is 28.9 Å². The van der Waals surface area contributed by atoms with Crippen LogP contribution in [0.2, 0.25) is 0 Å². The fourth-order valence-corrected chi connectivity index (χ4v) is 6.63. The summed E-state index contributed by atoms with van der Waals surface area (Å²) >= 11 is 3.59. The number of anilines is 1. The van der Waals surface area contributed by atoms with Crippen molar-refractivity contribution in [3.8, 4) is 5.69 Å². The number of halogens is 1. The van der Waals surface area contributed by atoms with E-state index in [1.807, 2.05) is 6.92 Å². The molecule has 31 heavy (non-hydrogen) atoms. The number of rotatable bonds is 4. The van der Waals surface area contributed by atoms with Gasteiger partial charge in [-0.25, -0.2) is 4.98 Å². The topological polar surface area (TPSA) is 78.6 Å². The van der Waals surface area contributed by atoms with Crippen LogP contribution >= 0.6 is 23.5 Å². The van der Waals surface area contributed by atoms with Gasteiger partial charge in [-0.05, 0) is 81.3 Å². The van der Waals surface area contributed by atoms with Crippen molar-refractivity contribution in [2.24, 2.45) is 5.92 Å². The molecule has 8 heteroatoms. The fraction of sp³-hybridized carbons (Fsp3) is 0.435. The van der Waals surface area contributed by atoms with Gasteiger partial charge in [0.2, 0.25) is 0 Å². The molecule has 2 N–H and O–H groups in total. The molecule has 3 aromatic rings. The molecule has 166 valence electrons. The maximum atomic E-state index is 11.4. The summed E-state index contributed by atoms with van der Waals surface area (Å²) in [5.41, 5.74) is 7.80. The first kappa shape index (κ1) is 22.5. The Bertz CT molecular complexity index is 1170. The van der Waals surface area contributed by atoms with Crippen LogP contribution in [-0.2, 0) is 4.57 Å². The Kier molecular flexibility index (Phi) is 6.08. The minimum atomic E-state index is -3.96. The quantitative estimate of drug-likeness (QED) is 0.463. The second kappa shape index (κ2) is 8.36. The summed E-state index contributed by atoms with van der Waals surface area (Å²) in [4.78, 5) is 25.9. The van der Waals surface area contributed by atoms with Crippen molar-refractivity contribution < 1.29 is 14.4 Å². The smallest absolute Gasteiger partial charge is 0.325 e. The number of hydrogen-bond acceptors (Lipinski definition) is 3. The molecule has 3 heterocycles. The lowest BCUT2D eigenvalue weighted by molar-refractivity contribution is 0.347. The predicted octanol–water partition coefficient (Wildman–Crippen LogP) is 5.42. The lowest BCUT2D eigenvalue weighted by atomic mass is 9.98. The zero-order chi connectivity index (χ0) is 22.5. The maximum Gasteiger partial charge on any atom is 0.325 e. The van der Waals surface area contributed by atoms with Gasteiger partial charge >= 0.3 is 7.60 Å². The van der Waals surface area contributed by atoms with Crippen molar-refractivity contribution in [3.05, 3.63) is 51.3 Å². The molecule has 0 bridgehead atoms. The van der Waals surface area contributed by atoms with Crippen LogP contribution in [-0.4, -0.2) is 38.6 Å². The summed E-state index contributed by atoms with van der Waals surface area (Å²) in [5.74, 6) is 0.0780. The second-order valence-electron chi connectivity index (χ2n) is 8.83. The lowest BCUT2D eigenvalue weighted by Gasteiger charge is -2.34. The number of nitrogens with zero attached hydrogens (tertiary/aromatic N) is 3. The first-order chi connectivity index (χ1) is 14.5. The average Bonchev–Trinajstić information content (AvgIpc) is 2.96. The Morgan fingerprint density at radius 1 is 1.06 bits per heavy atom. The minimum Gasteiger partial charge on any atom is -0.371 e. The second-order valence-corrected chi connectivity index (χ2v) is 11.4. The van der Waals surface area contributed by atoms with Crippen molar-refractivity contribution in [1.29, 1.82) is 0 Å². The molecule has 2 aromatic heterocycles. The van der Waals surface area contributed by atoms with Crippen LogP contribution < -0.4 is 4.90 Å². The Morgan fingerprint density at radius 2 is 1.68 bits per heavy atom. The van der Waals surface area contributed by atoms with Gasteiger partial charge in [0.15, 0.2) is 0 Å². The van der Waals surface area contributed by atoms with Gasteiger partial charge in [-0.3, -0.25) is 4.57 Å². The summed E-state index contributed by atoms with van der Waals surface area (Å²) in [6.07, 6.45) is 3.74. The van der Waals surface area contributed by atoms with E-state index in [1.165, 1.54) is 22.4 Å². The Morgan fingerprint density at radius 3 is 2.26 bits per heavy atom. The van der Waals surface area contributed by atoms with Gasteiger partial charge in [-0.15, -0.1) is 0 Å². The van der Waals surface area contributed by atoms with Gasteiger partial charge in [-0.1, -0.05) is 15.9 Å². The number of fused-ring (bicyclic) bond motifs is 1. The third-order valence-electron chi connectivity index (χ3n) is 6.20. The number of aromatic nitrogens is 2. The first-order valence-corrected chi connectivity index (χ1v) is 13.2. The predicted molar refractivity (Wildman–Crippen MR) is 130 cm³/mol.